The number of methoxy groups -OCH3 is 1. The number of ether oxygens (including phenoxy) is 1. The fraction of sp³-hybridized carbons (Fsp3) is 0.208. The van der Waals surface area contributed by atoms with Crippen LogP contribution >= 0.6 is 23.4 Å². The average molecular weight is 468 g/mol. The number of benzene rings is 2. The summed E-state index contributed by atoms with van der Waals surface area (Å²) in [7, 11) is 1.56. The molecule has 2 N–H and O–H groups in total. The van der Waals surface area contributed by atoms with Crippen LogP contribution in [0.15, 0.2) is 70.4 Å². The Kier molecular flexibility index (Phi) is 7.62. The van der Waals surface area contributed by atoms with Crippen molar-refractivity contribution < 1.29 is 14.3 Å². The van der Waals surface area contributed by atoms with Crippen molar-refractivity contribution in [1.29, 1.82) is 5.26 Å². The van der Waals surface area contributed by atoms with Gasteiger partial charge in [0, 0.05) is 28.0 Å². The van der Waals surface area contributed by atoms with E-state index < -0.39 is 5.92 Å². The number of rotatable bonds is 7. The van der Waals surface area contributed by atoms with Gasteiger partial charge in [-0.15, -0.1) is 0 Å². The lowest BCUT2D eigenvalue weighted by Crippen LogP contribution is -2.27. The van der Waals surface area contributed by atoms with Crippen LogP contribution in [0.4, 0.5) is 5.69 Å². The number of carbonyl (C=O) groups is 2. The molecule has 0 saturated heterocycles. The van der Waals surface area contributed by atoms with E-state index in [2.05, 4.69) is 16.7 Å². The van der Waals surface area contributed by atoms with E-state index in [-0.39, 0.29) is 17.4 Å². The topological polar surface area (TPSA) is 91.2 Å². The highest BCUT2D eigenvalue weighted by Gasteiger charge is 2.33. The van der Waals surface area contributed by atoms with Gasteiger partial charge >= 0.3 is 0 Å². The van der Waals surface area contributed by atoms with Crippen molar-refractivity contribution >= 4 is 40.7 Å². The van der Waals surface area contributed by atoms with Crippen molar-refractivity contribution in [1.82, 2.24) is 5.32 Å². The average Bonchev–Trinajstić information content (AvgIpc) is 2.77. The molecule has 1 aliphatic rings. The van der Waals surface area contributed by atoms with Gasteiger partial charge in [0.05, 0.1) is 35.5 Å². The molecular formula is C24H22ClN3O3S. The van der Waals surface area contributed by atoms with Crippen LogP contribution in [0.2, 0.25) is 5.02 Å². The summed E-state index contributed by atoms with van der Waals surface area (Å²) in [5.74, 6) is -0.151. The fourth-order valence-corrected chi connectivity index (χ4v) is 4.54. The first-order valence-electron chi connectivity index (χ1n) is 9.79. The normalized spacial score (nSPS) is 15.7. The number of dihydropyridines is 1. The number of allylic oxidation sites excluding steroid dienone is 3. The molecule has 8 heteroatoms. The van der Waals surface area contributed by atoms with Gasteiger partial charge in [0.15, 0.2) is 5.78 Å². The van der Waals surface area contributed by atoms with Crippen LogP contribution in [0.3, 0.4) is 0 Å². The Bertz CT molecular complexity index is 1150. The predicted molar refractivity (Wildman–Crippen MR) is 127 cm³/mol. The van der Waals surface area contributed by atoms with Crippen molar-refractivity contribution in [2.75, 3.05) is 18.2 Å². The third-order valence-corrected chi connectivity index (χ3v) is 6.20. The Labute approximate surface area is 196 Å². The molecule has 32 heavy (non-hydrogen) atoms. The quantitative estimate of drug-likeness (QED) is 0.595. The van der Waals surface area contributed by atoms with Crippen LogP contribution in [0, 0.1) is 11.3 Å². The summed E-state index contributed by atoms with van der Waals surface area (Å²) < 4.78 is 5.17. The number of ketones is 1. The standard InChI is InChI=1S/C24H22ClN3O3S/c1-14-22(15(2)29)23(16-7-9-17(25)10-8-16)20(12-26)24(27-14)32-13-21(30)28-18-5-4-6-19(11-18)31-3/h4-11,23,27H,13H2,1-3H3,(H,28,30). The summed E-state index contributed by atoms with van der Waals surface area (Å²) in [5.41, 5.74) is 2.98. The Hall–Kier alpha value is -3.21. The van der Waals surface area contributed by atoms with Gasteiger partial charge in [-0.1, -0.05) is 41.6 Å². The number of carbonyl (C=O) groups excluding carboxylic acids is 2. The van der Waals surface area contributed by atoms with Crippen LogP contribution in [-0.2, 0) is 9.59 Å². The number of nitrogens with one attached hydrogen (secondary N) is 2. The molecule has 0 spiro atoms. The molecule has 0 radical (unpaired) electrons. The van der Waals surface area contributed by atoms with Gasteiger partial charge < -0.3 is 15.4 Å². The summed E-state index contributed by atoms with van der Waals surface area (Å²) in [5, 5.41) is 17.0. The number of Topliss-reactive ketones (excluding diaryl/α,β-unsaturated/α-hetero) is 1. The molecule has 0 fully saturated rings. The summed E-state index contributed by atoms with van der Waals surface area (Å²) in [4.78, 5) is 24.9. The first kappa shape index (κ1) is 23.5. The molecule has 6 nitrogen and oxygen atoms in total. The highest BCUT2D eigenvalue weighted by atomic mass is 35.5. The maximum atomic E-state index is 12.5. The van der Waals surface area contributed by atoms with Crippen LogP contribution in [0.25, 0.3) is 0 Å². The summed E-state index contributed by atoms with van der Waals surface area (Å²) in [6, 6.07) is 16.4. The minimum atomic E-state index is -0.528. The van der Waals surface area contributed by atoms with E-state index in [1.807, 2.05) is 12.1 Å². The van der Waals surface area contributed by atoms with Gasteiger partial charge in [0.1, 0.15) is 5.75 Å². The van der Waals surface area contributed by atoms with Crippen LogP contribution in [-0.4, -0.2) is 24.6 Å². The molecule has 1 heterocycles. The van der Waals surface area contributed by atoms with E-state index in [9.17, 15) is 14.9 Å². The van der Waals surface area contributed by atoms with Crippen molar-refractivity contribution in [2.24, 2.45) is 0 Å². The van der Waals surface area contributed by atoms with E-state index >= 15 is 0 Å². The second-order valence-electron chi connectivity index (χ2n) is 7.13. The molecular weight excluding hydrogens is 446 g/mol. The Morgan fingerprint density at radius 2 is 1.97 bits per heavy atom. The highest BCUT2D eigenvalue weighted by molar-refractivity contribution is 8.03. The molecule has 3 rings (SSSR count). The molecule has 2 aromatic rings. The summed E-state index contributed by atoms with van der Waals surface area (Å²) in [6.45, 7) is 3.28. The molecule has 0 aromatic heterocycles. The molecule has 0 saturated carbocycles. The maximum Gasteiger partial charge on any atom is 0.234 e. The monoisotopic (exact) mass is 467 g/mol. The van der Waals surface area contributed by atoms with Crippen molar-refractivity contribution in [3.63, 3.8) is 0 Å². The molecule has 1 aliphatic heterocycles. The van der Waals surface area contributed by atoms with Gasteiger partial charge in [-0.05, 0) is 43.7 Å². The van der Waals surface area contributed by atoms with Gasteiger partial charge in [0.25, 0.3) is 0 Å². The smallest absolute Gasteiger partial charge is 0.234 e. The lowest BCUT2D eigenvalue weighted by molar-refractivity contribution is -0.114. The number of nitrogens with zero attached hydrogens (tertiary/aromatic N) is 1. The molecule has 0 bridgehead atoms. The number of amides is 1. The van der Waals surface area contributed by atoms with Crippen LogP contribution in [0.5, 0.6) is 5.75 Å². The predicted octanol–water partition coefficient (Wildman–Crippen LogP) is 5.01. The second kappa shape index (κ2) is 10.4. The molecule has 1 atom stereocenters. The number of nitriles is 1. The Morgan fingerprint density at radius 3 is 2.59 bits per heavy atom. The van der Waals surface area contributed by atoms with Crippen molar-refractivity contribution in [3.8, 4) is 11.8 Å². The zero-order valence-electron chi connectivity index (χ0n) is 17.9. The maximum absolute atomic E-state index is 12.5. The molecule has 0 aliphatic carbocycles. The van der Waals surface area contributed by atoms with Gasteiger partial charge in [-0.25, -0.2) is 0 Å². The minimum Gasteiger partial charge on any atom is -0.497 e. The Balaban J connectivity index is 1.85. The van der Waals surface area contributed by atoms with Crippen molar-refractivity contribution in [3.05, 3.63) is 81.0 Å². The Morgan fingerprint density at radius 1 is 1.25 bits per heavy atom. The SMILES string of the molecule is COc1cccc(NC(=O)CSC2=C(C#N)C(c3ccc(Cl)cc3)C(C(C)=O)=C(C)N2)c1. The zero-order chi connectivity index (χ0) is 23.3. The number of hydrogen-bond acceptors (Lipinski definition) is 6. The first-order chi connectivity index (χ1) is 15.3. The minimum absolute atomic E-state index is 0.0841. The largest absolute Gasteiger partial charge is 0.497 e. The number of thioether (sulfide) groups is 1. The van der Waals surface area contributed by atoms with Gasteiger partial charge in [-0.2, -0.15) is 5.26 Å². The first-order valence-corrected chi connectivity index (χ1v) is 11.2. The van der Waals surface area contributed by atoms with E-state index in [1.54, 1.807) is 50.4 Å². The van der Waals surface area contributed by atoms with E-state index in [0.717, 1.165) is 5.56 Å². The van der Waals surface area contributed by atoms with Crippen LogP contribution in [0.1, 0.15) is 25.3 Å². The highest BCUT2D eigenvalue weighted by Crippen LogP contribution is 2.41. The number of hydrogen-bond donors (Lipinski definition) is 2. The molecule has 164 valence electrons. The van der Waals surface area contributed by atoms with Gasteiger partial charge in [-0.3, -0.25) is 9.59 Å². The number of anilines is 1. The molecule has 1 unspecified atom stereocenters. The summed E-state index contributed by atoms with van der Waals surface area (Å²) in [6.07, 6.45) is 0. The van der Waals surface area contributed by atoms with E-state index in [4.69, 9.17) is 16.3 Å². The van der Waals surface area contributed by atoms with Gasteiger partial charge in [0.2, 0.25) is 5.91 Å². The zero-order valence-corrected chi connectivity index (χ0v) is 19.4. The lowest BCUT2D eigenvalue weighted by Gasteiger charge is -2.29. The van der Waals surface area contributed by atoms with Crippen LogP contribution < -0.4 is 15.4 Å². The third-order valence-electron chi connectivity index (χ3n) is 4.93. The lowest BCUT2D eigenvalue weighted by atomic mass is 9.81. The van der Waals surface area contributed by atoms with Crippen molar-refractivity contribution in [2.45, 2.75) is 19.8 Å². The molecule has 1 amide bonds. The second-order valence-corrected chi connectivity index (χ2v) is 8.55. The third kappa shape index (κ3) is 5.34. The molecule has 2 aromatic carbocycles. The summed E-state index contributed by atoms with van der Waals surface area (Å²) >= 11 is 7.24. The number of halogens is 1. The van der Waals surface area contributed by atoms with E-state index in [0.29, 0.717) is 38.3 Å². The van der Waals surface area contributed by atoms with E-state index in [1.165, 1.54) is 18.7 Å². The fourth-order valence-electron chi connectivity index (χ4n) is 3.52.